The molecule has 1 aromatic carbocycles. The van der Waals surface area contributed by atoms with Gasteiger partial charge in [-0.1, -0.05) is 12.1 Å². The molecule has 2 aromatic rings. The zero-order chi connectivity index (χ0) is 10.5. The molecule has 15 heavy (non-hydrogen) atoms. The van der Waals surface area contributed by atoms with E-state index in [-0.39, 0.29) is 0 Å². The van der Waals surface area contributed by atoms with Gasteiger partial charge >= 0.3 is 0 Å². The fraction of sp³-hybridized carbons (Fsp3) is 0.0909. The highest BCUT2D eigenvalue weighted by molar-refractivity contribution is 7.07. The Bertz CT molecular complexity index is 440. The summed E-state index contributed by atoms with van der Waals surface area (Å²) in [7, 11) is 0. The van der Waals surface area contributed by atoms with Crippen LogP contribution < -0.4 is 4.74 Å². The summed E-state index contributed by atoms with van der Waals surface area (Å²) >= 11 is 1.52. The summed E-state index contributed by atoms with van der Waals surface area (Å²) in [6.45, 7) is 0.397. The minimum Gasteiger partial charge on any atom is -0.487 e. The van der Waals surface area contributed by atoms with Gasteiger partial charge in [0.15, 0.2) is 6.29 Å². The van der Waals surface area contributed by atoms with E-state index in [9.17, 15) is 4.79 Å². The Morgan fingerprint density at radius 2 is 2.27 bits per heavy atom. The van der Waals surface area contributed by atoms with E-state index in [0.29, 0.717) is 17.9 Å². The lowest BCUT2D eigenvalue weighted by Gasteiger charge is -2.05. The zero-order valence-corrected chi connectivity index (χ0v) is 8.74. The van der Waals surface area contributed by atoms with Gasteiger partial charge in [0.25, 0.3) is 0 Å². The minimum absolute atomic E-state index is 0.397. The minimum atomic E-state index is 0.397. The molecule has 2 rings (SSSR count). The molecule has 0 saturated heterocycles. The standard InChI is InChI=1S/C11H9NO2S/c13-5-9-3-1-2-4-11(9)14-6-10-7-15-8-12-10/h1-5,7-8H,6H2. The highest BCUT2D eigenvalue weighted by Gasteiger charge is 2.02. The van der Waals surface area contributed by atoms with Gasteiger partial charge in [-0.05, 0) is 12.1 Å². The van der Waals surface area contributed by atoms with Crippen LogP contribution in [-0.4, -0.2) is 11.3 Å². The van der Waals surface area contributed by atoms with Crippen molar-refractivity contribution in [1.29, 1.82) is 0 Å². The molecule has 0 amide bonds. The molecule has 1 heterocycles. The molecule has 76 valence electrons. The maximum atomic E-state index is 10.7. The molecular formula is C11H9NO2S. The van der Waals surface area contributed by atoms with Crippen molar-refractivity contribution >= 4 is 17.6 Å². The molecule has 0 aliphatic rings. The predicted molar refractivity (Wildman–Crippen MR) is 58.3 cm³/mol. The molecule has 0 aliphatic heterocycles. The second kappa shape index (κ2) is 4.70. The first kappa shape index (κ1) is 9.86. The molecule has 0 saturated carbocycles. The second-order valence-electron chi connectivity index (χ2n) is 2.92. The number of para-hydroxylation sites is 1. The lowest BCUT2D eigenvalue weighted by atomic mass is 10.2. The molecule has 0 atom stereocenters. The second-order valence-corrected chi connectivity index (χ2v) is 3.64. The number of rotatable bonds is 4. The lowest BCUT2D eigenvalue weighted by molar-refractivity contribution is 0.111. The highest BCUT2D eigenvalue weighted by atomic mass is 32.1. The first-order chi connectivity index (χ1) is 7.40. The smallest absolute Gasteiger partial charge is 0.153 e. The maximum absolute atomic E-state index is 10.7. The van der Waals surface area contributed by atoms with Crippen molar-refractivity contribution in [2.75, 3.05) is 0 Å². The Balaban J connectivity index is 2.07. The van der Waals surface area contributed by atoms with Crippen LogP contribution in [0.3, 0.4) is 0 Å². The summed E-state index contributed by atoms with van der Waals surface area (Å²) in [6.07, 6.45) is 0.788. The summed E-state index contributed by atoms with van der Waals surface area (Å²) in [5.41, 5.74) is 3.19. The van der Waals surface area contributed by atoms with Crippen LogP contribution >= 0.6 is 11.3 Å². The number of carbonyl (C=O) groups excluding carboxylic acids is 1. The van der Waals surface area contributed by atoms with Crippen molar-refractivity contribution in [3.05, 3.63) is 46.4 Å². The van der Waals surface area contributed by atoms with E-state index < -0.39 is 0 Å². The van der Waals surface area contributed by atoms with Crippen LogP contribution in [0.1, 0.15) is 16.1 Å². The van der Waals surface area contributed by atoms with Gasteiger partial charge in [0.1, 0.15) is 12.4 Å². The number of carbonyl (C=O) groups is 1. The summed E-state index contributed by atoms with van der Waals surface area (Å²) in [5, 5.41) is 1.92. The lowest BCUT2D eigenvalue weighted by Crippen LogP contribution is -1.97. The number of thiazole rings is 1. The van der Waals surface area contributed by atoms with E-state index in [1.54, 1.807) is 23.7 Å². The third-order valence-electron chi connectivity index (χ3n) is 1.90. The van der Waals surface area contributed by atoms with Crippen LogP contribution in [0.5, 0.6) is 5.75 Å². The number of hydrogen-bond acceptors (Lipinski definition) is 4. The maximum Gasteiger partial charge on any atom is 0.153 e. The van der Waals surface area contributed by atoms with Gasteiger partial charge in [-0.25, -0.2) is 4.98 Å². The van der Waals surface area contributed by atoms with Crippen molar-refractivity contribution in [2.45, 2.75) is 6.61 Å². The van der Waals surface area contributed by atoms with Gasteiger partial charge in [0.05, 0.1) is 16.8 Å². The summed E-state index contributed by atoms with van der Waals surface area (Å²) in [4.78, 5) is 14.8. The molecule has 0 spiro atoms. The van der Waals surface area contributed by atoms with Crippen LogP contribution in [0.15, 0.2) is 35.2 Å². The monoisotopic (exact) mass is 219 g/mol. The third-order valence-corrected chi connectivity index (χ3v) is 2.54. The van der Waals surface area contributed by atoms with E-state index in [4.69, 9.17) is 4.74 Å². The number of hydrogen-bond donors (Lipinski definition) is 0. The molecule has 1 aromatic heterocycles. The van der Waals surface area contributed by atoms with E-state index in [0.717, 1.165) is 12.0 Å². The predicted octanol–water partition coefficient (Wildman–Crippen LogP) is 2.53. The Morgan fingerprint density at radius 1 is 1.40 bits per heavy atom. The van der Waals surface area contributed by atoms with Crippen molar-refractivity contribution in [3.8, 4) is 5.75 Å². The molecule has 0 aliphatic carbocycles. The van der Waals surface area contributed by atoms with Gasteiger partial charge < -0.3 is 4.74 Å². The van der Waals surface area contributed by atoms with Crippen molar-refractivity contribution in [1.82, 2.24) is 4.98 Å². The van der Waals surface area contributed by atoms with Crippen LogP contribution in [0, 0.1) is 0 Å². The average Bonchev–Trinajstić information content (AvgIpc) is 2.79. The molecule has 0 bridgehead atoms. The van der Waals surface area contributed by atoms with Crippen LogP contribution in [-0.2, 0) is 6.61 Å². The Labute approximate surface area is 91.4 Å². The molecular weight excluding hydrogens is 210 g/mol. The van der Waals surface area contributed by atoms with Gasteiger partial charge in [-0.2, -0.15) is 0 Å². The Hall–Kier alpha value is -1.68. The normalized spacial score (nSPS) is 9.87. The zero-order valence-electron chi connectivity index (χ0n) is 7.92. The number of benzene rings is 1. The number of aromatic nitrogens is 1. The highest BCUT2D eigenvalue weighted by Crippen LogP contribution is 2.17. The first-order valence-electron chi connectivity index (χ1n) is 4.44. The average molecular weight is 219 g/mol. The van der Waals surface area contributed by atoms with Crippen LogP contribution in [0.25, 0.3) is 0 Å². The Kier molecular flexibility index (Phi) is 3.09. The van der Waals surface area contributed by atoms with Crippen molar-refractivity contribution in [3.63, 3.8) is 0 Å². The fourth-order valence-corrected chi connectivity index (χ4v) is 1.71. The van der Waals surface area contributed by atoms with Crippen LogP contribution in [0.2, 0.25) is 0 Å². The van der Waals surface area contributed by atoms with Gasteiger partial charge in [-0.15, -0.1) is 11.3 Å². The fourth-order valence-electron chi connectivity index (χ4n) is 1.17. The summed E-state index contributed by atoms with van der Waals surface area (Å²) < 4.78 is 5.49. The van der Waals surface area contributed by atoms with E-state index in [1.807, 2.05) is 11.4 Å². The van der Waals surface area contributed by atoms with Gasteiger partial charge in [-0.3, -0.25) is 4.79 Å². The SMILES string of the molecule is O=Cc1ccccc1OCc1cscn1. The number of ether oxygens (including phenoxy) is 1. The van der Waals surface area contributed by atoms with E-state index in [1.165, 1.54) is 11.3 Å². The molecule has 0 radical (unpaired) electrons. The molecule has 0 N–H and O–H groups in total. The van der Waals surface area contributed by atoms with Crippen molar-refractivity contribution < 1.29 is 9.53 Å². The van der Waals surface area contributed by atoms with Gasteiger partial charge in [0, 0.05) is 5.38 Å². The van der Waals surface area contributed by atoms with E-state index >= 15 is 0 Å². The first-order valence-corrected chi connectivity index (χ1v) is 5.38. The number of nitrogens with zero attached hydrogens (tertiary/aromatic N) is 1. The molecule has 0 unspecified atom stereocenters. The third kappa shape index (κ3) is 2.41. The van der Waals surface area contributed by atoms with E-state index in [2.05, 4.69) is 4.98 Å². The largest absolute Gasteiger partial charge is 0.487 e. The number of aldehydes is 1. The summed E-state index contributed by atoms with van der Waals surface area (Å²) in [6, 6.07) is 7.14. The topological polar surface area (TPSA) is 39.2 Å². The molecule has 3 nitrogen and oxygen atoms in total. The Morgan fingerprint density at radius 3 is 3.00 bits per heavy atom. The van der Waals surface area contributed by atoms with Crippen molar-refractivity contribution in [2.24, 2.45) is 0 Å². The molecule has 4 heteroatoms. The summed E-state index contributed by atoms with van der Waals surface area (Å²) in [5.74, 6) is 0.598. The van der Waals surface area contributed by atoms with Gasteiger partial charge in [0.2, 0.25) is 0 Å². The molecule has 0 fully saturated rings. The van der Waals surface area contributed by atoms with Crippen LogP contribution in [0.4, 0.5) is 0 Å². The quantitative estimate of drug-likeness (QED) is 0.742.